The zero-order valence-electron chi connectivity index (χ0n) is 14.4. The number of benzene rings is 2. The molecule has 0 aliphatic heterocycles. The maximum atomic E-state index is 13.7. The molecule has 134 valence electrons. The Kier molecular flexibility index (Phi) is 4.16. The van der Waals surface area contributed by atoms with Crippen molar-refractivity contribution in [2.75, 3.05) is 5.32 Å². The molecule has 4 nitrogen and oxygen atoms in total. The summed E-state index contributed by atoms with van der Waals surface area (Å²) in [5, 5.41) is 2.60. The van der Waals surface area contributed by atoms with Gasteiger partial charge >= 0.3 is 0 Å². The number of carbonyl (C=O) groups excluding carboxylic acids is 1. The molecule has 2 aromatic carbocycles. The third kappa shape index (κ3) is 3.42. The van der Waals surface area contributed by atoms with Crippen LogP contribution in [-0.4, -0.2) is 15.3 Å². The molecule has 0 fully saturated rings. The number of nitrogens with zero attached hydrogens (tertiary/aromatic N) is 2. The van der Waals surface area contributed by atoms with Gasteiger partial charge in [0.05, 0.1) is 11.3 Å². The number of hydrogen-bond donors (Lipinski definition) is 1. The summed E-state index contributed by atoms with van der Waals surface area (Å²) in [5.74, 6) is -2.26. The molecule has 1 amide bonds. The van der Waals surface area contributed by atoms with Crippen molar-refractivity contribution in [1.29, 1.82) is 0 Å². The van der Waals surface area contributed by atoms with Gasteiger partial charge in [0, 0.05) is 29.7 Å². The van der Waals surface area contributed by atoms with Gasteiger partial charge in [-0.25, -0.2) is 13.8 Å². The molecular weight excluding hydrogens is 348 g/mol. The van der Waals surface area contributed by atoms with Crippen molar-refractivity contribution in [3.05, 3.63) is 89.8 Å². The first-order valence-corrected chi connectivity index (χ1v) is 8.32. The average Bonchev–Trinajstić information content (AvgIpc) is 3.05. The summed E-state index contributed by atoms with van der Waals surface area (Å²) in [4.78, 5) is 16.8. The van der Waals surface area contributed by atoms with Crippen LogP contribution < -0.4 is 5.32 Å². The number of anilines is 1. The monoisotopic (exact) mass is 363 g/mol. The first kappa shape index (κ1) is 16.9. The highest BCUT2D eigenvalue weighted by atomic mass is 19.1. The van der Waals surface area contributed by atoms with E-state index >= 15 is 0 Å². The fraction of sp³-hybridized carbons (Fsp3) is 0.0476. The highest BCUT2D eigenvalue weighted by Gasteiger charge is 2.13. The molecule has 0 unspecified atom stereocenters. The lowest BCUT2D eigenvalue weighted by Crippen LogP contribution is -2.13. The number of imidazole rings is 1. The van der Waals surface area contributed by atoms with Crippen LogP contribution in [0.2, 0.25) is 0 Å². The van der Waals surface area contributed by atoms with E-state index in [9.17, 15) is 13.6 Å². The lowest BCUT2D eigenvalue weighted by molar-refractivity contribution is 0.102. The maximum absolute atomic E-state index is 13.7. The topological polar surface area (TPSA) is 46.4 Å². The molecule has 1 N–H and O–H groups in total. The van der Waals surface area contributed by atoms with Crippen LogP contribution in [0.1, 0.15) is 15.9 Å². The number of nitrogens with one attached hydrogen (secondary N) is 1. The SMILES string of the molecule is Cc1ccn2cc(-c3ccc(NC(=O)c4ccc(F)cc4F)cc3)nc2c1. The van der Waals surface area contributed by atoms with E-state index in [4.69, 9.17) is 0 Å². The lowest BCUT2D eigenvalue weighted by atomic mass is 10.1. The minimum absolute atomic E-state index is 0.212. The summed E-state index contributed by atoms with van der Waals surface area (Å²) in [7, 11) is 0. The van der Waals surface area contributed by atoms with Crippen LogP contribution in [0.3, 0.4) is 0 Å². The van der Waals surface area contributed by atoms with Gasteiger partial charge < -0.3 is 9.72 Å². The Hall–Kier alpha value is -3.54. The quantitative estimate of drug-likeness (QED) is 0.566. The summed E-state index contributed by atoms with van der Waals surface area (Å²) in [6.45, 7) is 2.01. The third-order valence-electron chi connectivity index (χ3n) is 4.23. The highest BCUT2D eigenvalue weighted by Crippen LogP contribution is 2.22. The zero-order chi connectivity index (χ0) is 19.0. The molecule has 4 rings (SSSR count). The van der Waals surface area contributed by atoms with Crippen molar-refractivity contribution in [2.24, 2.45) is 0 Å². The minimum atomic E-state index is -0.899. The molecule has 0 atom stereocenters. The number of aromatic nitrogens is 2. The van der Waals surface area contributed by atoms with Crippen molar-refractivity contribution in [1.82, 2.24) is 9.38 Å². The number of rotatable bonds is 3. The zero-order valence-corrected chi connectivity index (χ0v) is 14.4. The number of pyridine rings is 1. The van der Waals surface area contributed by atoms with E-state index in [1.54, 1.807) is 12.1 Å². The maximum Gasteiger partial charge on any atom is 0.258 e. The average molecular weight is 363 g/mol. The van der Waals surface area contributed by atoms with E-state index < -0.39 is 17.5 Å². The van der Waals surface area contributed by atoms with Gasteiger partial charge in [-0.2, -0.15) is 0 Å². The Morgan fingerprint density at radius 3 is 2.56 bits per heavy atom. The normalized spacial score (nSPS) is 10.9. The van der Waals surface area contributed by atoms with Crippen LogP contribution >= 0.6 is 0 Å². The highest BCUT2D eigenvalue weighted by molar-refractivity contribution is 6.04. The van der Waals surface area contributed by atoms with Gasteiger partial charge in [0.2, 0.25) is 0 Å². The fourth-order valence-electron chi connectivity index (χ4n) is 2.82. The van der Waals surface area contributed by atoms with Gasteiger partial charge in [-0.1, -0.05) is 12.1 Å². The van der Waals surface area contributed by atoms with Crippen molar-refractivity contribution in [3.8, 4) is 11.3 Å². The van der Waals surface area contributed by atoms with E-state index in [1.165, 1.54) is 0 Å². The Morgan fingerprint density at radius 1 is 1.04 bits per heavy atom. The molecule has 0 spiro atoms. The number of carbonyl (C=O) groups is 1. The second kappa shape index (κ2) is 6.64. The number of halogens is 2. The largest absolute Gasteiger partial charge is 0.322 e. The van der Waals surface area contributed by atoms with E-state index in [0.29, 0.717) is 11.8 Å². The van der Waals surface area contributed by atoms with Gasteiger partial charge in [0.15, 0.2) is 0 Å². The Labute approximate surface area is 154 Å². The van der Waals surface area contributed by atoms with E-state index in [0.717, 1.165) is 34.6 Å². The first-order chi connectivity index (χ1) is 13.0. The summed E-state index contributed by atoms with van der Waals surface area (Å²) < 4.78 is 28.6. The molecule has 4 aromatic rings. The van der Waals surface area contributed by atoms with Crippen molar-refractivity contribution >= 4 is 17.2 Å². The van der Waals surface area contributed by atoms with E-state index in [2.05, 4.69) is 10.3 Å². The van der Waals surface area contributed by atoms with Gasteiger partial charge in [0.1, 0.15) is 17.3 Å². The molecule has 0 bridgehead atoms. The van der Waals surface area contributed by atoms with Crippen LogP contribution in [0.5, 0.6) is 0 Å². The van der Waals surface area contributed by atoms with Crippen LogP contribution in [0.15, 0.2) is 67.0 Å². The number of aryl methyl sites for hydroxylation is 1. The van der Waals surface area contributed by atoms with Crippen molar-refractivity contribution in [3.63, 3.8) is 0 Å². The van der Waals surface area contributed by atoms with Crippen LogP contribution in [0.25, 0.3) is 16.9 Å². The first-order valence-electron chi connectivity index (χ1n) is 8.32. The van der Waals surface area contributed by atoms with Crippen LogP contribution in [-0.2, 0) is 0 Å². The Balaban J connectivity index is 1.55. The molecule has 6 heteroatoms. The van der Waals surface area contributed by atoms with Crippen LogP contribution in [0, 0.1) is 18.6 Å². The van der Waals surface area contributed by atoms with E-state index in [1.807, 2.05) is 48.0 Å². The number of hydrogen-bond acceptors (Lipinski definition) is 2. The number of amides is 1. The smallest absolute Gasteiger partial charge is 0.258 e. The standard InChI is InChI=1S/C21H15F2N3O/c1-13-8-9-26-12-19(25-20(26)10-13)14-2-5-16(6-3-14)24-21(27)17-7-4-15(22)11-18(17)23/h2-12H,1H3,(H,24,27). The predicted octanol–water partition coefficient (Wildman–Crippen LogP) is 4.84. The molecule has 2 heterocycles. The minimum Gasteiger partial charge on any atom is -0.322 e. The molecule has 0 saturated carbocycles. The number of fused-ring (bicyclic) bond motifs is 1. The summed E-state index contributed by atoms with van der Waals surface area (Å²) in [6, 6.07) is 13.9. The second-order valence-corrected chi connectivity index (χ2v) is 6.25. The van der Waals surface area contributed by atoms with E-state index in [-0.39, 0.29) is 5.56 Å². The van der Waals surface area contributed by atoms with Crippen LogP contribution in [0.4, 0.5) is 14.5 Å². The molecule has 0 radical (unpaired) electrons. The summed E-state index contributed by atoms with van der Waals surface area (Å²) >= 11 is 0. The van der Waals surface area contributed by atoms with Gasteiger partial charge in [-0.3, -0.25) is 4.79 Å². The molecule has 0 saturated heterocycles. The molecule has 27 heavy (non-hydrogen) atoms. The molecule has 2 aromatic heterocycles. The Morgan fingerprint density at radius 2 is 1.81 bits per heavy atom. The summed E-state index contributed by atoms with van der Waals surface area (Å²) in [6.07, 6.45) is 3.88. The lowest BCUT2D eigenvalue weighted by Gasteiger charge is -2.07. The van der Waals surface area contributed by atoms with Gasteiger partial charge in [-0.05, 0) is 48.9 Å². The molecule has 0 aliphatic rings. The van der Waals surface area contributed by atoms with Crippen molar-refractivity contribution in [2.45, 2.75) is 6.92 Å². The molecule has 0 aliphatic carbocycles. The predicted molar refractivity (Wildman–Crippen MR) is 99.7 cm³/mol. The Bertz CT molecular complexity index is 1150. The fourth-order valence-corrected chi connectivity index (χ4v) is 2.82. The summed E-state index contributed by atoms with van der Waals surface area (Å²) in [5.41, 5.74) is 3.98. The third-order valence-corrected chi connectivity index (χ3v) is 4.23. The van der Waals surface area contributed by atoms with Gasteiger partial charge in [0.25, 0.3) is 5.91 Å². The second-order valence-electron chi connectivity index (χ2n) is 6.25. The van der Waals surface area contributed by atoms with Crippen molar-refractivity contribution < 1.29 is 13.6 Å². The van der Waals surface area contributed by atoms with Gasteiger partial charge in [-0.15, -0.1) is 0 Å². The molecular formula is C21H15F2N3O.